The highest BCUT2D eigenvalue weighted by atomic mass is 19.1. The highest BCUT2D eigenvalue weighted by molar-refractivity contribution is 6.01. The van der Waals surface area contributed by atoms with Gasteiger partial charge in [0.1, 0.15) is 23.4 Å². The number of hydrogen-bond donors (Lipinski definition) is 2. The van der Waals surface area contributed by atoms with E-state index < -0.39 is 23.7 Å². The molecule has 2 amide bonds. The monoisotopic (exact) mass is 498 g/mol. The summed E-state index contributed by atoms with van der Waals surface area (Å²) in [5.41, 5.74) is 2.00. The zero-order valence-corrected chi connectivity index (χ0v) is 20.3. The Morgan fingerprint density at radius 2 is 1.49 bits per heavy atom. The second-order valence-corrected chi connectivity index (χ2v) is 8.42. The van der Waals surface area contributed by atoms with Gasteiger partial charge in [-0.15, -0.1) is 0 Å². The average Bonchev–Trinajstić information content (AvgIpc) is 2.92. The first-order valence-electron chi connectivity index (χ1n) is 11.8. The van der Waals surface area contributed by atoms with E-state index in [1.54, 1.807) is 31.2 Å². The van der Waals surface area contributed by atoms with Gasteiger partial charge in [-0.05, 0) is 66.6 Å². The normalized spacial score (nSPS) is 11.4. The van der Waals surface area contributed by atoms with Crippen LogP contribution in [-0.2, 0) is 16.1 Å². The Morgan fingerprint density at radius 1 is 0.838 bits per heavy atom. The molecule has 6 nitrogen and oxygen atoms in total. The molecule has 1 unspecified atom stereocenters. The molecular formula is C30H27FN2O4. The number of anilines is 1. The van der Waals surface area contributed by atoms with Gasteiger partial charge in [0.25, 0.3) is 5.91 Å². The molecule has 0 fully saturated rings. The van der Waals surface area contributed by atoms with E-state index in [-0.39, 0.29) is 18.8 Å². The second kappa shape index (κ2) is 12.5. The Hall–Kier alpha value is -4.49. The number of ether oxygens (including phenoxy) is 2. The lowest BCUT2D eigenvalue weighted by atomic mass is 10.1. The van der Waals surface area contributed by atoms with E-state index in [9.17, 15) is 14.0 Å². The largest absolute Gasteiger partial charge is 0.457 e. The Morgan fingerprint density at radius 3 is 2.16 bits per heavy atom. The summed E-state index contributed by atoms with van der Waals surface area (Å²) in [6.45, 7) is 1.81. The molecule has 0 radical (unpaired) electrons. The van der Waals surface area contributed by atoms with Crippen LogP contribution in [0, 0.1) is 12.7 Å². The molecule has 4 aromatic rings. The van der Waals surface area contributed by atoms with E-state index in [2.05, 4.69) is 10.6 Å². The Labute approximate surface area is 215 Å². The molecule has 188 valence electrons. The van der Waals surface area contributed by atoms with Crippen molar-refractivity contribution in [2.75, 3.05) is 11.9 Å². The molecule has 4 rings (SSSR count). The van der Waals surface area contributed by atoms with Crippen molar-refractivity contribution in [3.05, 3.63) is 126 Å². The van der Waals surface area contributed by atoms with Gasteiger partial charge in [-0.25, -0.2) is 4.39 Å². The average molecular weight is 499 g/mol. The molecule has 0 saturated heterocycles. The van der Waals surface area contributed by atoms with Gasteiger partial charge in [-0.3, -0.25) is 9.59 Å². The van der Waals surface area contributed by atoms with Gasteiger partial charge in [0.05, 0.1) is 13.2 Å². The number of amides is 2. The van der Waals surface area contributed by atoms with Gasteiger partial charge in [-0.2, -0.15) is 0 Å². The number of hydrogen-bond acceptors (Lipinski definition) is 4. The summed E-state index contributed by atoms with van der Waals surface area (Å²) < 4.78 is 25.5. The van der Waals surface area contributed by atoms with Gasteiger partial charge in [0.2, 0.25) is 5.91 Å². The van der Waals surface area contributed by atoms with Crippen LogP contribution in [0.4, 0.5) is 10.1 Å². The lowest BCUT2D eigenvalue weighted by Crippen LogP contribution is -2.46. The molecule has 2 N–H and O–H groups in total. The molecule has 0 aliphatic rings. The predicted octanol–water partition coefficient (Wildman–Crippen LogP) is 5.88. The van der Waals surface area contributed by atoms with Crippen LogP contribution in [0.25, 0.3) is 0 Å². The van der Waals surface area contributed by atoms with Crippen molar-refractivity contribution in [1.29, 1.82) is 0 Å². The Bertz CT molecular complexity index is 1330. The van der Waals surface area contributed by atoms with Crippen LogP contribution in [0.3, 0.4) is 0 Å². The third kappa shape index (κ3) is 7.49. The lowest BCUT2D eigenvalue weighted by Gasteiger charge is -2.19. The van der Waals surface area contributed by atoms with Crippen LogP contribution in [0.5, 0.6) is 11.5 Å². The summed E-state index contributed by atoms with van der Waals surface area (Å²) in [6.07, 6.45) is 0. The van der Waals surface area contributed by atoms with Gasteiger partial charge in [0, 0.05) is 11.3 Å². The molecule has 1 atom stereocenters. The molecule has 0 aliphatic carbocycles. The summed E-state index contributed by atoms with van der Waals surface area (Å²) in [4.78, 5) is 25.9. The molecule has 0 aromatic heterocycles. The minimum absolute atomic E-state index is 0.0734. The molecular weight excluding hydrogens is 471 g/mol. The standard InChI is InChI=1S/C30H27FN2O4/c1-21-12-13-23(18-27(21)31)29(34)33-28(20-36-19-22-8-4-2-5-9-22)30(35)32-24-14-16-26(17-15-24)37-25-10-6-3-7-11-25/h2-18,28H,19-20H2,1H3,(H,32,35)(H,33,34). The summed E-state index contributed by atoms with van der Waals surface area (Å²) in [5, 5.41) is 5.46. The van der Waals surface area contributed by atoms with Gasteiger partial charge in [0.15, 0.2) is 0 Å². The van der Waals surface area contributed by atoms with Crippen molar-refractivity contribution in [2.45, 2.75) is 19.6 Å². The third-order valence-corrected chi connectivity index (χ3v) is 5.55. The molecule has 0 heterocycles. The number of aryl methyl sites for hydroxylation is 1. The molecule has 0 spiro atoms. The van der Waals surface area contributed by atoms with E-state index >= 15 is 0 Å². The van der Waals surface area contributed by atoms with Crippen LogP contribution in [0.15, 0.2) is 103 Å². The number of nitrogens with one attached hydrogen (secondary N) is 2. The van der Waals surface area contributed by atoms with E-state index in [0.29, 0.717) is 22.7 Å². The maximum absolute atomic E-state index is 14.0. The quantitative estimate of drug-likeness (QED) is 0.286. The van der Waals surface area contributed by atoms with Gasteiger partial charge in [-0.1, -0.05) is 54.6 Å². The smallest absolute Gasteiger partial charge is 0.252 e. The fourth-order valence-corrected chi connectivity index (χ4v) is 3.49. The van der Waals surface area contributed by atoms with Crippen molar-refractivity contribution in [3.63, 3.8) is 0 Å². The van der Waals surface area contributed by atoms with Crippen molar-refractivity contribution in [2.24, 2.45) is 0 Å². The van der Waals surface area contributed by atoms with E-state index in [1.807, 2.05) is 60.7 Å². The molecule has 7 heteroatoms. The molecule has 4 aromatic carbocycles. The number of carbonyl (C=O) groups excluding carboxylic acids is 2. The van der Waals surface area contributed by atoms with Crippen molar-refractivity contribution >= 4 is 17.5 Å². The summed E-state index contributed by atoms with van der Waals surface area (Å²) in [7, 11) is 0. The number of halogens is 1. The van der Waals surface area contributed by atoms with Crippen molar-refractivity contribution < 1.29 is 23.5 Å². The number of para-hydroxylation sites is 1. The SMILES string of the molecule is Cc1ccc(C(=O)NC(COCc2ccccc2)C(=O)Nc2ccc(Oc3ccccc3)cc2)cc1F. The van der Waals surface area contributed by atoms with Gasteiger partial charge >= 0.3 is 0 Å². The van der Waals surface area contributed by atoms with Crippen molar-refractivity contribution in [3.8, 4) is 11.5 Å². The third-order valence-electron chi connectivity index (χ3n) is 5.55. The number of carbonyl (C=O) groups is 2. The summed E-state index contributed by atoms with van der Waals surface area (Å²) >= 11 is 0. The number of benzene rings is 4. The maximum atomic E-state index is 14.0. The predicted molar refractivity (Wildman–Crippen MR) is 140 cm³/mol. The first-order valence-corrected chi connectivity index (χ1v) is 11.8. The van der Waals surface area contributed by atoms with Gasteiger partial charge < -0.3 is 20.1 Å². The first kappa shape index (κ1) is 25.6. The Kier molecular flexibility index (Phi) is 8.62. The lowest BCUT2D eigenvalue weighted by molar-refractivity contribution is -0.119. The van der Waals surface area contributed by atoms with Crippen LogP contribution in [0.1, 0.15) is 21.5 Å². The van der Waals surface area contributed by atoms with E-state index in [1.165, 1.54) is 12.1 Å². The van der Waals surface area contributed by atoms with Crippen molar-refractivity contribution in [1.82, 2.24) is 5.32 Å². The summed E-state index contributed by atoms with van der Waals surface area (Å²) in [6, 6.07) is 28.9. The minimum atomic E-state index is -1.01. The highest BCUT2D eigenvalue weighted by Gasteiger charge is 2.22. The fraction of sp³-hybridized carbons (Fsp3) is 0.133. The summed E-state index contributed by atoms with van der Waals surface area (Å²) in [5.74, 6) is -0.224. The zero-order chi connectivity index (χ0) is 26.0. The highest BCUT2D eigenvalue weighted by Crippen LogP contribution is 2.22. The second-order valence-electron chi connectivity index (χ2n) is 8.42. The number of rotatable bonds is 10. The Balaban J connectivity index is 1.42. The molecule has 37 heavy (non-hydrogen) atoms. The molecule has 0 saturated carbocycles. The topological polar surface area (TPSA) is 76.7 Å². The zero-order valence-electron chi connectivity index (χ0n) is 20.3. The molecule has 0 bridgehead atoms. The first-order chi connectivity index (χ1) is 18.0. The van der Waals surface area contributed by atoms with Crippen LogP contribution < -0.4 is 15.4 Å². The van der Waals surface area contributed by atoms with Crippen LogP contribution in [-0.4, -0.2) is 24.5 Å². The van der Waals surface area contributed by atoms with E-state index in [4.69, 9.17) is 9.47 Å². The van der Waals surface area contributed by atoms with E-state index in [0.717, 1.165) is 11.6 Å². The fourth-order valence-electron chi connectivity index (χ4n) is 3.49. The van der Waals surface area contributed by atoms with Crippen LogP contribution in [0.2, 0.25) is 0 Å². The minimum Gasteiger partial charge on any atom is -0.457 e. The molecule has 0 aliphatic heterocycles. The van der Waals surface area contributed by atoms with Crippen LogP contribution >= 0.6 is 0 Å². The maximum Gasteiger partial charge on any atom is 0.252 e.